The molecule has 0 N–H and O–H groups in total. The molecule has 1 heterocycles. The lowest BCUT2D eigenvalue weighted by atomic mass is 10.0. The number of esters is 3. The molecule has 48 heavy (non-hydrogen) atoms. The van der Waals surface area contributed by atoms with E-state index in [9.17, 15) is 14.4 Å². The number of hydrogen-bond acceptors (Lipinski definition) is 8. The molecular formula is C40H45NO6S. The van der Waals surface area contributed by atoms with E-state index in [1.54, 1.807) is 11.3 Å². The van der Waals surface area contributed by atoms with Gasteiger partial charge in [-0.3, -0.25) is 0 Å². The van der Waals surface area contributed by atoms with E-state index in [-0.39, 0.29) is 11.9 Å². The van der Waals surface area contributed by atoms with E-state index in [2.05, 4.69) is 79.7 Å². The minimum absolute atomic E-state index is 0.318. The molecule has 0 saturated heterocycles. The highest BCUT2D eigenvalue weighted by Crippen LogP contribution is 2.36. The van der Waals surface area contributed by atoms with E-state index in [4.69, 9.17) is 14.2 Å². The molecule has 4 aromatic rings. The van der Waals surface area contributed by atoms with Gasteiger partial charge in [0.2, 0.25) is 0 Å². The van der Waals surface area contributed by atoms with Crippen molar-refractivity contribution in [2.75, 3.05) is 38.3 Å². The van der Waals surface area contributed by atoms with Gasteiger partial charge in [0.15, 0.2) is 0 Å². The van der Waals surface area contributed by atoms with Crippen LogP contribution >= 0.6 is 11.3 Å². The molecule has 0 amide bonds. The number of fused-ring (bicyclic) bond motifs is 1. The summed E-state index contributed by atoms with van der Waals surface area (Å²) >= 11 is 1.77. The topological polar surface area (TPSA) is 82.1 Å². The number of rotatable bonds is 20. The van der Waals surface area contributed by atoms with Crippen LogP contribution in [0.5, 0.6) is 0 Å². The van der Waals surface area contributed by atoms with Crippen molar-refractivity contribution < 1.29 is 28.6 Å². The molecule has 0 atom stereocenters. The molecule has 0 aliphatic rings. The molecule has 0 unspecified atom stereocenters. The average molecular weight is 668 g/mol. The van der Waals surface area contributed by atoms with Crippen LogP contribution in [-0.4, -0.2) is 51.3 Å². The zero-order valence-corrected chi connectivity index (χ0v) is 28.6. The van der Waals surface area contributed by atoms with Crippen LogP contribution in [0.3, 0.4) is 0 Å². The van der Waals surface area contributed by atoms with E-state index in [1.165, 1.54) is 27.1 Å². The predicted molar refractivity (Wildman–Crippen MR) is 195 cm³/mol. The number of carbonyl (C=O) groups is 3. The quantitative estimate of drug-likeness (QED) is 0.0402. The van der Waals surface area contributed by atoms with Gasteiger partial charge in [-0.15, -0.1) is 11.3 Å². The van der Waals surface area contributed by atoms with Crippen molar-refractivity contribution in [3.63, 3.8) is 0 Å². The smallest absolute Gasteiger partial charge is 0.338 e. The molecule has 0 radical (unpaired) electrons. The van der Waals surface area contributed by atoms with E-state index in [0.717, 1.165) is 80.3 Å². The standard InChI is InChI=1S/C40H45NO6S/c1-4-38(42)45-25-11-7-6-10-24-41(3)35-20-18-30(19-21-35)36-22-23-37(48-36)33-16-14-32-29-34(17-15-31(32)28-33)40(44)47-27-13-9-8-12-26-46-39(43)5-2/h4-5,14-23,28-29H,1-2,6-13,24-27H2,3H3. The van der Waals surface area contributed by atoms with Crippen molar-refractivity contribution in [3.05, 3.63) is 104 Å². The predicted octanol–water partition coefficient (Wildman–Crippen LogP) is 9.41. The van der Waals surface area contributed by atoms with Gasteiger partial charge >= 0.3 is 17.9 Å². The number of hydrogen-bond donors (Lipinski definition) is 0. The second-order valence-corrected chi connectivity index (χ2v) is 12.7. The summed E-state index contributed by atoms with van der Waals surface area (Å²) in [5.41, 5.74) is 4.07. The van der Waals surface area contributed by atoms with Crippen LogP contribution in [-0.2, 0) is 23.8 Å². The minimum Gasteiger partial charge on any atom is -0.463 e. The maximum atomic E-state index is 12.6. The summed E-state index contributed by atoms with van der Waals surface area (Å²) in [6.45, 7) is 8.95. The van der Waals surface area contributed by atoms with Crippen molar-refractivity contribution in [2.45, 2.75) is 51.4 Å². The fourth-order valence-electron chi connectivity index (χ4n) is 5.26. The molecule has 0 fully saturated rings. The van der Waals surface area contributed by atoms with Crippen molar-refractivity contribution in [1.82, 2.24) is 0 Å². The van der Waals surface area contributed by atoms with E-state index in [0.29, 0.717) is 25.4 Å². The molecule has 7 nitrogen and oxygen atoms in total. The first-order valence-electron chi connectivity index (χ1n) is 16.6. The molecule has 0 spiro atoms. The van der Waals surface area contributed by atoms with Gasteiger partial charge in [0.05, 0.1) is 25.4 Å². The summed E-state index contributed by atoms with van der Waals surface area (Å²) in [4.78, 5) is 39.4. The number of unbranched alkanes of at least 4 members (excludes halogenated alkanes) is 6. The lowest BCUT2D eigenvalue weighted by Crippen LogP contribution is -2.18. The summed E-state index contributed by atoms with van der Waals surface area (Å²) in [6, 6.07) is 25.1. The summed E-state index contributed by atoms with van der Waals surface area (Å²) in [5.74, 6) is -1.08. The van der Waals surface area contributed by atoms with Gasteiger partial charge in [-0.25, -0.2) is 14.4 Å². The fraction of sp³-hybridized carbons (Fsp3) is 0.325. The van der Waals surface area contributed by atoms with E-state index < -0.39 is 5.97 Å². The molecular weight excluding hydrogens is 623 g/mol. The lowest BCUT2D eigenvalue weighted by Gasteiger charge is -2.19. The number of nitrogens with zero attached hydrogens (tertiary/aromatic N) is 1. The van der Waals surface area contributed by atoms with E-state index in [1.807, 2.05) is 18.2 Å². The fourth-order valence-corrected chi connectivity index (χ4v) is 6.27. The van der Waals surface area contributed by atoms with Gasteiger partial charge in [0, 0.05) is 41.2 Å². The molecule has 0 aliphatic carbocycles. The molecule has 0 saturated carbocycles. The van der Waals surface area contributed by atoms with Gasteiger partial charge in [-0.1, -0.05) is 49.9 Å². The largest absolute Gasteiger partial charge is 0.463 e. The van der Waals surface area contributed by atoms with Crippen LogP contribution in [0.1, 0.15) is 61.7 Å². The summed E-state index contributed by atoms with van der Waals surface area (Å²) in [6.07, 6.45) is 9.79. The first kappa shape index (κ1) is 36.2. The first-order valence-corrected chi connectivity index (χ1v) is 17.4. The molecule has 1 aromatic heterocycles. The van der Waals surface area contributed by atoms with Crippen LogP contribution in [0.25, 0.3) is 31.7 Å². The second kappa shape index (κ2) is 19.2. The number of anilines is 1. The Labute approximate surface area is 287 Å². The average Bonchev–Trinajstić information content (AvgIpc) is 3.62. The zero-order chi connectivity index (χ0) is 34.1. The van der Waals surface area contributed by atoms with Gasteiger partial charge in [-0.2, -0.15) is 0 Å². The number of benzene rings is 3. The Bertz CT molecular complexity index is 1670. The van der Waals surface area contributed by atoms with Crippen molar-refractivity contribution in [3.8, 4) is 20.9 Å². The Hall–Kier alpha value is -4.69. The highest BCUT2D eigenvalue weighted by Gasteiger charge is 2.11. The van der Waals surface area contributed by atoms with Crippen LogP contribution in [0, 0.1) is 0 Å². The monoisotopic (exact) mass is 667 g/mol. The highest BCUT2D eigenvalue weighted by molar-refractivity contribution is 7.18. The van der Waals surface area contributed by atoms with Crippen LogP contribution in [0.15, 0.2) is 98.1 Å². The van der Waals surface area contributed by atoms with E-state index >= 15 is 0 Å². The maximum Gasteiger partial charge on any atom is 0.338 e. The normalized spacial score (nSPS) is 10.8. The molecule has 3 aromatic carbocycles. The number of thiophene rings is 1. The van der Waals surface area contributed by atoms with Crippen molar-refractivity contribution in [1.29, 1.82) is 0 Å². The zero-order valence-electron chi connectivity index (χ0n) is 27.8. The second-order valence-electron chi connectivity index (χ2n) is 11.6. The van der Waals surface area contributed by atoms with Gasteiger partial charge < -0.3 is 19.1 Å². The third kappa shape index (κ3) is 11.2. The SMILES string of the molecule is C=CC(=O)OCCCCCCOC(=O)c1ccc2cc(-c3ccc(-c4ccc(N(C)CCCCCCOC(=O)C=C)cc4)s3)ccc2c1. The van der Waals surface area contributed by atoms with Gasteiger partial charge in [0.25, 0.3) is 0 Å². The van der Waals surface area contributed by atoms with Crippen LogP contribution in [0.4, 0.5) is 5.69 Å². The Morgan fingerprint density at radius 1 is 0.625 bits per heavy atom. The third-order valence-electron chi connectivity index (χ3n) is 8.04. The van der Waals surface area contributed by atoms with Gasteiger partial charge in [-0.05, 0) is 109 Å². The Kier molecular flexibility index (Phi) is 14.5. The third-order valence-corrected chi connectivity index (χ3v) is 9.22. The lowest BCUT2D eigenvalue weighted by molar-refractivity contribution is -0.138. The van der Waals surface area contributed by atoms with Gasteiger partial charge in [0.1, 0.15) is 0 Å². The number of ether oxygens (including phenoxy) is 3. The number of carbonyl (C=O) groups excluding carboxylic acids is 3. The van der Waals surface area contributed by atoms with Crippen molar-refractivity contribution >= 4 is 45.7 Å². The summed E-state index contributed by atoms with van der Waals surface area (Å²) in [7, 11) is 2.12. The highest BCUT2D eigenvalue weighted by atomic mass is 32.1. The summed E-state index contributed by atoms with van der Waals surface area (Å²) in [5, 5.41) is 2.06. The van der Waals surface area contributed by atoms with Crippen LogP contribution in [0.2, 0.25) is 0 Å². The maximum absolute atomic E-state index is 12.6. The Morgan fingerprint density at radius 3 is 1.77 bits per heavy atom. The Balaban J connectivity index is 1.23. The molecule has 0 bridgehead atoms. The summed E-state index contributed by atoms with van der Waals surface area (Å²) < 4.78 is 15.5. The molecule has 4 rings (SSSR count). The van der Waals surface area contributed by atoms with Crippen molar-refractivity contribution in [2.24, 2.45) is 0 Å². The van der Waals surface area contributed by atoms with Crippen LogP contribution < -0.4 is 4.90 Å². The Morgan fingerprint density at radius 2 is 1.15 bits per heavy atom. The molecule has 8 heteroatoms. The molecule has 252 valence electrons. The molecule has 0 aliphatic heterocycles. The first-order chi connectivity index (χ1) is 23.4. The minimum atomic E-state index is -0.402.